The highest BCUT2D eigenvalue weighted by Gasteiger charge is 2.35. The Kier molecular flexibility index (Phi) is 7.20. The van der Waals surface area contributed by atoms with Crippen molar-refractivity contribution in [2.45, 2.75) is 52.5 Å². The van der Waals surface area contributed by atoms with E-state index in [0.717, 1.165) is 26.3 Å². The monoisotopic (exact) mass is 256 g/mol. The number of unbranched alkanes of at least 4 members (excludes halogenated alkanes) is 2. The average molecular weight is 256 g/mol. The minimum Gasteiger partial charge on any atom is -0.381 e. The van der Waals surface area contributed by atoms with Gasteiger partial charge >= 0.3 is 0 Å². The van der Waals surface area contributed by atoms with Gasteiger partial charge in [-0.15, -0.1) is 0 Å². The van der Waals surface area contributed by atoms with Crippen molar-refractivity contribution in [3.8, 4) is 0 Å². The fourth-order valence-corrected chi connectivity index (χ4v) is 2.67. The quantitative estimate of drug-likeness (QED) is 0.642. The second-order valence-corrected chi connectivity index (χ2v) is 6.28. The molecule has 18 heavy (non-hydrogen) atoms. The molecule has 0 bridgehead atoms. The first-order valence-electron chi connectivity index (χ1n) is 7.58. The van der Waals surface area contributed by atoms with Crippen LogP contribution in [0.1, 0.15) is 46.5 Å². The Labute approximate surface area is 113 Å². The molecule has 3 heteroatoms. The van der Waals surface area contributed by atoms with Crippen LogP contribution in [-0.2, 0) is 4.74 Å². The normalized spacial score (nSPS) is 24.3. The Hall–Kier alpha value is -0.120. The Morgan fingerprint density at radius 1 is 1.33 bits per heavy atom. The van der Waals surface area contributed by atoms with E-state index >= 15 is 0 Å². The molecule has 0 aromatic rings. The van der Waals surface area contributed by atoms with Crippen LogP contribution in [0.5, 0.6) is 0 Å². The van der Waals surface area contributed by atoms with Crippen LogP contribution in [0.2, 0.25) is 0 Å². The molecule has 1 unspecified atom stereocenters. The lowest BCUT2D eigenvalue weighted by atomic mass is 9.86. The maximum absolute atomic E-state index is 5.65. The van der Waals surface area contributed by atoms with Gasteiger partial charge < -0.3 is 15.0 Å². The largest absolute Gasteiger partial charge is 0.381 e. The molecule has 0 radical (unpaired) electrons. The maximum atomic E-state index is 5.65. The summed E-state index contributed by atoms with van der Waals surface area (Å²) in [5.41, 5.74) is 0.339. The minimum atomic E-state index is 0.339. The van der Waals surface area contributed by atoms with Gasteiger partial charge in [0.25, 0.3) is 0 Å². The molecule has 1 rings (SSSR count). The van der Waals surface area contributed by atoms with Crippen LogP contribution >= 0.6 is 0 Å². The molecule has 3 nitrogen and oxygen atoms in total. The van der Waals surface area contributed by atoms with E-state index in [1.807, 2.05) is 0 Å². The Balaban J connectivity index is 2.36. The van der Waals surface area contributed by atoms with Crippen LogP contribution in [0.25, 0.3) is 0 Å². The van der Waals surface area contributed by atoms with Gasteiger partial charge in [0.05, 0.1) is 6.61 Å². The van der Waals surface area contributed by atoms with E-state index in [4.69, 9.17) is 4.74 Å². The maximum Gasteiger partial charge on any atom is 0.0547 e. The van der Waals surface area contributed by atoms with Crippen molar-refractivity contribution in [3.63, 3.8) is 0 Å². The molecule has 1 aliphatic rings. The van der Waals surface area contributed by atoms with Gasteiger partial charge in [0.15, 0.2) is 0 Å². The first-order chi connectivity index (χ1) is 8.58. The van der Waals surface area contributed by atoms with Crippen LogP contribution in [0.15, 0.2) is 0 Å². The molecule has 0 aromatic heterocycles. The van der Waals surface area contributed by atoms with E-state index in [2.05, 4.69) is 38.0 Å². The van der Waals surface area contributed by atoms with E-state index in [1.165, 1.54) is 32.2 Å². The zero-order chi connectivity index (χ0) is 13.4. The Morgan fingerprint density at radius 3 is 2.67 bits per heavy atom. The highest BCUT2D eigenvalue weighted by atomic mass is 16.5. The molecule has 1 atom stereocenters. The minimum absolute atomic E-state index is 0.339. The van der Waals surface area contributed by atoms with Gasteiger partial charge in [-0.2, -0.15) is 0 Å². The Morgan fingerprint density at radius 2 is 2.11 bits per heavy atom. The average Bonchev–Trinajstić information content (AvgIpc) is 2.76. The van der Waals surface area contributed by atoms with E-state index in [0.29, 0.717) is 11.5 Å². The summed E-state index contributed by atoms with van der Waals surface area (Å²) in [5, 5.41) is 3.59. The third kappa shape index (κ3) is 5.68. The number of hydrogen-bond donors (Lipinski definition) is 1. The van der Waals surface area contributed by atoms with Crippen LogP contribution in [0.3, 0.4) is 0 Å². The van der Waals surface area contributed by atoms with Crippen LogP contribution in [0.4, 0.5) is 0 Å². The van der Waals surface area contributed by atoms with Crippen molar-refractivity contribution < 1.29 is 4.74 Å². The lowest BCUT2D eigenvalue weighted by molar-refractivity contribution is 0.116. The second-order valence-electron chi connectivity index (χ2n) is 6.28. The molecule has 0 aromatic carbocycles. The molecule has 1 saturated heterocycles. The van der Waals surface area contributed by atoms with Gasteiger partial charge in [0, 0.05) is 31.2 Å². The molecule has 1 fully saturated rings. The SMILES string of the molecule is CCCCCN(C)CC1(CNC(C)C)CCOC1. The van der Waals surface area contributed by atoms with Crippen molar-refractivity contribution in [1.29, 1.82) is 0 Å². The van der Waals surface area contributed by atoms with Crippen molar-refractivity contribution in [2.75, 3.05) is 39.9 Å². The predicted octanol–water partition coefficient (Wildman–Crippen LogP) is 2.51. The molecule has 1 aliphatic heterocycles. The van der Waals surface area contributed by atoms with Crippen molar-refractivity contribution in [3.05, 3.63) is 0 Å². The number of rotatable bonds is 9. The smallest absolute Gasteiger partial charge is 0.0547 e. The lowest BCUT2D eigenvalue weighted by Crippen LogP contribution is -2.45. The van der Waals surface area contributed by atoms with E-state index < -0.39 is 0 Å². The molecule has 1 heterocycles. The summed E-state index contributed by atoms with van der Waals surface area (Å²) in [4.78, 5) is 2.49. The van der Waals surface area contributed by atoms with Crippen LogP contribution in [-0.4, -0.2) is 50.8 Å². The third-order valence-corrected chi connectivity index (χ3v) is 3.82. The predicted molar refractivity (Wildman–Crippen MR) is 78.0 cm³/mol. The topological polar surface area (TPSA) is 24.5 Å². The summed E-state index contributed by atoms with van der Waals surface area (Å²) >= 11 is 0. The molecular formula is C15H32N2O. The summed E-state index contributed by atoms with van der Waals surface area (Å²) in [5.74, 6) is 0. The van der Waals surface area contributed by atoms with Gasteiger partial charge in [-0.05, 0) is 26.4 Å². The van der Waals surface area contributed by atoms with E-state index in [1.54, 1.807) is 0 Å². The van der Waals surface area contributed by atoms with Crippen molar-refractivity contribution in [1.82, 2.24) is 10.2 Å². The standard InChI is InChI=1S/C15H32N2O/c1-5-6-7-9-17(4)12-15(8-10-18-13-15)11-16-14(2)3/h14,16H,5-13H2,1-4H3. The van der Waals surface area contributed by atoms with Crippen LogP contribution < -0.4 is 5.32 Å². The zero-order valence-corrected chi connectivity index (χ0v) is 12.8. The fraction of sp³-hybridized carbons (Fsp3) is 1.00. The van der Waals surface area contributed by atoms with Crippen molar-refractivity contribution in [2.24, 2.45) is 5.41 Å². The Bertz CT molecular complexity index is 213. The van der Waals surface area contributed by atoms with Crippen LogP contribution in [0, 0.1) is 5.41 Å². The van der Waals surface area contributed by atoms with Gasteiger partial charge in [-0.3, -0.25) is 0 Å². The molecule has 0 saturated carbocycles. The molecule has 1 N–H and O–H groups in total. The highest BCUT2D eigenvalue weighted by Crippen LogP contribution is 2.29. The molecule has 0 aliphatic carbocycles. The van der Waals surface area contributed by atoms with Gasteiger partial charge in [-0.1, -0.05) is 33.6 Å². The van der Waals surface area contributed by atoms with Gasteiger partial charge in [0.1, 0.15) is 0 Å². The molecule has 108 valence electrons. The third-order valence-electron chi connectivity index (χ3n) is 3.82. The summed E-state index contributed by atoms with van der Waals surface area (Å²) in [7, 11) is 2.26. The molecule has 0 spiro atoms. The molecule has 0 amide bonds. The highest BCUT2D eigenvalue weighted by molar-refractivity contribution is 4.88. The van der Waals surface area contributed by atoms with Gasteiger partial charge in [0.2, 0.25) is 0 Å². The van der Waals surface area contributed by atoms with E-state index in [-0.39, 0.29) is 0 Å². The summed E-state index contributed by atoms with van der Waals surface area (Å²) in [6.45, 7) is 12.0. The first kappa shape index (κ1) is 15.9. The number of nitrogens with zero attached hydrogens (tertiary/aromatic N) is 1. The number of hydrogen-bond acceptors (Lipinski definition) is 3. The summed E-state index contributed by atoms with van der Waals surface area (Å²) in [6.07, 6.45) is 5.17. The van der Waals surface area contributed by atoms with Crippen molar-refractivity contribution >= 4 is 0 Å². The number of ether oxygens (including phenoxy) is 1. The fourth-order valence-electron chi connectivity index (χ4n) is 2.67. The first-order valence-corrected chi connectivity index (χ1v) is 7.58. The molecular weight excluding hydrogens is 224 g/mol. The summed E-state index contributed by atoms with van der Waals surface area (Å²) in [6, 6.07) is 0.563. The lowest BCUT2D eigenvalue weighted by Gasteiger charge is -2.33. The van der Waals surface area contributed by atoms with E-state index in [9.17, 15) is 0 Å². The zero-order valence-electron chi connectivity index (χ0n) is 12.8. The number of nitrogens with one attached hydrogen (secondary N) is 1. The second kappa shape index (κ2) is 8.13. The summed E-state index contributed by atoms with van der Waals surface area (Å²) < 4.78 is 5.65. The van der Waals surface area contributed by atoms with Gasteiger partial charge in [-0.25, -0.2) is 0 Å².